The lowest BCUT2D eigenvalue weighted by molar-refractivity contribution is -0.102. The first kappa shape index (κ1) is 30.1. The minimum Gasteiger partial charge on any atom is -0.391 e. The Morgan fingerprint density at radius 1 is 1.07 bits per heavy atom. The smallest absolute Gasteiger partial charge is 0.280 e. The first-order valence-electron chi connectivity index (χ1n) is 15.5. The Balaban J connectivity index is 1.30. The van der Waals surface area contributed by atoms with E-state index in [2.05, 4.69) is 39.6 Å². The quantitative estimate of drug-likeness (QED) is 0.249. The number of rotatable bonds is 10. The molecule has 1 fully saturated rings. The molecule has 0 spiro atoms. The average molecular weight is 601 g/mol. The van der Waals surface area contributed by atoms with Gasteiger partial charge in [0.15, 0.2) is 5.84 Å². The highest BCUT2D eigenvalue weighted by Gasteiger charge is 2.29. The summed E-state index contributed by atoms with van der Waals surface area (Å²) in [6, 6.07) is 16.0. The van der Waals surface area contributed by atoms with Crippen LogP contribution in [0.1, 0.15) is 81.3 Å². The van der Waals surface area contributed by atoms with Gasteiger partial charge in [0.05, 0.1) is 24.0 Å². The van der Waals surface area contributed by atoms with Crippen LogP contribution in [0.3, 0.4) is 0 Å². The van der Waals surface area contributed by atoms with E-state index in [0.29, 0.717) is 18.0 Å². The Morgan fingerprint density at radius 2 is 1.80 bits per heavy atom. The zero-order valence-corrected chi connectivity index (χ0v) is 25.4. The predicted molar refractivity (Wildman–Crippen MR) is 166 cm³/mol. The molecule has 3 heterocycles. The number of nitrogens with one attached hydrogen (secondary N) is 1. The maximum Gasteiger partial charge on any atom is 0.280 e. The zero-order valence-electron chi connectivity index (χ0n) is 25.4. The highest BCUT2D eigenvalue weighted by Crippen LogP contribution is 2.32. The van der Waals surface area contributed by atoms with Crippen LogP contribution in [0.15, 0.2) is 64.6 Å². The van der Waals surface area contributed by atoms with Gasteiger partial charge in [-0.15, -0.1) is 0 Å². The van der Waals surface area contributed by atoms with Crippen molar-refractivity contribution < 1.29 is 19.8 Å². The van der Waals surface area contributed by atoms with Crippen LogP contribution >= 0.6 is 0 Å². The van der Waals surface area contributed by atoms with E-state index in [9.17, 15) is 15.0 Å². The number of aryl methyl sites for hydroxylation is 1. The van der Waals surface area contributed by atoms with E-state index in [1.54, 1.807) is 6.92 Å². The van der Waals surface area contributed by atoms with Crippen molar-refractivity contribution in [2.24, 2.45) is 4.99 Å². The van der Waals surface area contributed by atoms with E-state index in [4.69, 9.17) is 9.57 Å². The van der Waals surface area contributed by atoms with Crippen molar-refractivity contribution in [1.29, 1.82) is 0 Å². The third-order valence-electron chi connectivity index (χ3n) is 8.74. The van der Waals surface area contributed by atoms with Gasteiger partial charge in [-0.25, -0.2) is 19.8 Å². The molecular weight excluding hydrogens is 560 g/mol. The van der Waals surface area contributed by atoms with E-state index in [1.165, 1.54) is 6.33 Å². The Morgan fingerprint density at radius 3 is 2.45 bits per heavy atom. The molecule has 1 aliphatic carbocycles. The summed E-state index contributed by atoms with van der Waals surface area (Å²) >= 11 is 0. The van der Waals surface area contributed by atoms with Crippen LogP contribution in [0.4, 0.5) is 0 Å². The van der Waals surface area contributed by atoms with Crippen molar-refractivity contribution in [2.45, 2.75) is 96.5 Å². The Bertz CT molecular complexity index is 1690. The molecule has 3 atom stereocenters. The van der Waals surface area contributed by atoms with Gasteiger partial charge in [0.2, 0.25) is 5.78 Å². The summed E-state index contributed by atoms with van der Waals surface area (Å²) in [4.78, 5) is 27.9. The van der Waals surface area contributed by atoms with E-state index in [0.717, 1.165) is 72.0 Å². The van der Waals surface area contributed by atoms with Crippen molar-refractivity contribution in [3.05, 3.63) is 87.6 Å². The molecule has 2 aliphatic rings. The molecule has 0 saturated heterocycles. The van der Waals surface area contributed by atoms with Gasteiger partial charge in [0.25, 0.3) is 12.0 Å². The minimum absolute atomic E-state index is 0.00109. The molecule has 1 saturated carbocycles. The molecule has 0 radical (unpaired) electrons. The summed E-state index contributed by atoms with van der Waals surface area (Å²) in [6.45, 7) is 5.74. The molecule has 3 unspecified atom stereocenters. The number of ether oxygens (including phenoxy) is 1. The minimum atomic E-state index is -1.23. The van der Waals surface area contributed by atoms with E-state index in [1.807, 2.05) is 52.4 Å². The molecule has 1 aliphatic heterocycles. The van der Waals surface area contributed by atoms with Crippen LogP contribution in [0.25, 0.3) is 16.9 Å². The van der Waals surface area contributed by atoms with E-state index >= 15 is 0 Å². The summed E-state index contributed by atoms with van der Waals surface area (Å²) in [5.74, 6) is 1.06. The molecule has 232 valence electrons. The molecule has 11 nitrogen and oxygen atoms in total. The van der Waals surface area contributed by atoms with E-state index < -0.39 is 12.5 Å². The van der Waals surface area contributed by atoms with Crippen LogP contribution in [-0.4, -0.2) is 59.9 Å². The van der Waals surface area contributed by atoms with Crippen LogP contribution in [0, 0.1) is 0 Å². The Hall–Kier alpha value is -3.90. The lowest BCUT2D eigenvalue weighted by Crippen LogP contribution is -2.36. The highest BCUT2D eigenvalue weighted by atomic mass is 16.7. The Labute approximate surface area is 256 Å². The SMILES string of the molecule is CCCc1c(Cc2ccc(-c3ccccc3C3=NC(O)ON3)cc2)c(=O)n(C2CCC(OC(C)C(C)O)CC2)c2ncnn12. The number of fused-ring (bicyclic) bond motifs is 1. The van der Waals surface area contributed by atoms with Crippen LogP contribution < -0.4 is 11.0 Å². The number of nitrogens with zero attached hydrogens (tertiary/aromatic N) is 5. The van der Waals surface area contributed by atoms with Crippen molar-refractivity contribution >= 4 is 11.6 Å². The Kier molecular flexibility index (Phi) is 8.90. The molecule has 4 aromatic rings. The van der Waals surface area contributed by atoms with Crippen LogP contribution in [-0.2, 0) is 22.4 Å². The molecule has 44 heavy (non-hydrogen) atoms. The van der Waals surface area contributed by atoms with Crippen molar-refractivity contribution in [3.8, 4) is 11.1 Å². The number of hydrogen-bond acceptors (Lipinski definition) is 9. The van der Waals surface area contributed by atoms with Crippen LogP contribution in [0.2, 0.25) is 0 Å². The largest absolute Gasteiger partial charge is 0.391 e. The van der Waals surface area contributed by atoms with Crippen molar-refractivity contribution in [2.75, 3.05) is 0 Å². The first-order valence-corrected chi connectivity index (χ1v) is 15.5. The van der Waals surface area contributed by atoms with Gasteiger partial charge in [0.1, 0.15) is 6.33 Å². The lowest BCUT2D eigenvalue weighted by Gasteiger charge is -2.32. The van der Waals surface area contributed by atoms with Gasteiger partial charge >= 0.3 is 0 Å². The summed E-state index contributed by atoms with van der Waals surface area (Å²) in [5.41, 5.74) is 8.11. The number of benzene rings is 2. The van der Waals surface area contributed by atoms with Gasteiger partial charge in [-0.2, -0.15) is 10.1 Å². The third-order valence-corrected chi connectivity index (χ3v) is 8.74. The molecule has 0 amide bonds. The number of aliphatic hydroxyl groups is 2. The average Bonchev–Trinajstić information content (AvgIpc) is 3.69. The van der Waals surface area contributed by atoms with Gasteiger partial charge in [-0.3, -0.25) is 9.36 Å². The number of aliphatic hydroxyl groups excluding tert-OH is 2. The summed E-state index contributed by atoms with van der Waals surface area (Å²) in [5, 5.41) is 24.1. The topological polar surface area (TPSA) is 136 Å². The predicted octanol–water partition coefficient (Wildman–Crippen LogP) is 3.93. The first-order chi connectivity index (χ1) is 21.3. The van der Waals surface area contributed by atoms with Gasteiger partial charge in [0, 0.05) is 23.6 Å². The second kappa shape index (κ2) is 13.0. The zero-order chi connectivity index (χ0) is 30.8. The fourth-order valence-electron chi connectivity index (χ4n) is 6.28. The highest BCUT2D eigenvalue weighted by molar-refractivity contribution is 6.04. The lowest BCUT2D eigenvalue weighted by atomic mass is 9.92. The summed E-state index contributed by atoms with van der Waals surface area (Å²) in [6.07, 6.45) is 4.92. The molecule has 2 aromatic carbocycles. The van der Waals surface area contributed by atoms with E-state index in [-0.39, 0.29) is 23.8 Å². The second-order valence-electron chi connectivity index (χ2n) is 11.8. The van der Waals surface area contributed by atoms with Gasteiger partial charge in [-0.05, 0) is 62.6 Å². The monoisotopic (exact) mass is 600 g/mol. The molecule has 2 aromatic heterocycles. The van der Waals surface area contributed by atoms with Gasteiger partial charge < -0.3 is 14.9 Å². The standard InChI is InChI=1S/C33H40N6O5/c1-4-7-29-28(18-22-10-12-23(13-11-22)26-8-5-6-9-27(26)30-36-33(42)44-37-30)31(41)38(32-34-19-35-39(29)32)24-14-16-25(17-15-24)43-21(3)20(2)40/h5-6,8-13,19-21,24-25,33,40,42H,4,7,14-18H2,1-3H3,(H,36,37). The maximum atomic E-state index is 14.3. The van der Waals surface area contributed by atoms with Crippen LogP contribution in [0.5, 0.6) is 0 Å². The van der Waals surface area contributed by atoms with Gasteiger partial charge in [-0.1, -0.05) is 61.9 Å². The number of amidine groups is 1. The fourth-order valence-corrected chi connectivity index (χ4v) is 6.28. The third kappa shape index (κ3) is 6.05. The number of hydrogen-bond donors (Lipinski definition) is 3. The molecule has 6 rings (SSSR count). The summed E-state index contributed by atoms with van der Waals surface area (Å²) < 4.78 is 9.79. The summed E-state index contributed by atoms with van der Waals surface area (Å²) in [7, 11) is 0. The molecule has 3 N–H and O–H groups in total. The number of hydroxylamine groups is 1. The van der Waals surface area contributed by atoms with Crippen molar-refractivity contribution in [1.82, 2.24) is 24.6 Å². The maximum absolute atomic E-state index is 14.3. The molecule has 11 heteroatoms. The number of aliphatic imine (C=N–C) groups is 1. The second-order valence-corrected chi connectivity index (χ2v) is 11.8. The number of aromatic nitrogens is 4. The fraction of sp³-hybridized carbons (Fsp3) is 0.455. The normalized spacial score (nSPS) is 21.7. The molecule has 0 bridgehead atoms. The van der Waals surface area contributed by atoms with Crippen molar-refractivity contribution in [3.63, 3.8) is 0 Å². The molecular formula is C33H40N6O5.